The molecule has 11 heteroatoms. The van der Waals surface area contributed by atoms with E-state index in [0.29, 0.717) is 0 Å². The van der Waals surface area contributed by atoms with Gasteiger partial charge in [0.2, 0.25) is 0 Å². The van der Waals surface area contributed by atoms with Crippen molar-refractivity contribution in [3.05, 3.63) is 41.2 Å². The van der Waals surface area contributed by atoms with Crippen molar-refractivity contribution < 1.29 is 31.5 Å². The molecule has 0 saturated carbocycles. The Morgan fingerprint density at radius 2 is 2.00 bits per heavy atom. The maximum absolute atomic E-state index is 13.0. The van der Waals surface area contributed by atoms with Crippen LogP contribution in [0.4, 0.5) is 18.9 Å². The van der Waals surface area contributed by atoms with Gasteiger partial charge in [-0.15, -0.1) is 0 Å². The zero-order chi connectivity index (χ0) is 19.0. The predicted molar refractivity (Wildman–Crippen MR) is 81.8 cm³/mol. The molecule has 0 radical (unpaired) electrons. The van der Waals surface area contributed by atoms with E-state index in [1.165, 1.54) is 19.2 Å². The molecular weight excluding hydrogens is 363 g/mol. The summed E-state index contributed by atoms with van der Waals surface area (Å²) in [6.45, 7) is 1.64. The van der Waals surface area contributed by atoms with Crippen LogP contribution in [0, 0.1) is 0 Å². The van der Waals surface area contributed by atoms with Gasteiger partial charge in [-0.25, -0.2) is 13.2 Å². The Balaban J connectivity index is 2.54. The van der Waals surface area contributed by atoms with Gasteiger partial charge in [0.15, 0.2) is 5.69 Å². The standard InChI is InChI=1S/C14H14F3N3O4S/c1-3-8-4-5-9(13(21)22)6-11(8)25(23,24)19-10-7-20(2)18-12(10)14(15,16)17/h4-7,19H,3H2,1-2H3,(H,21,22). The summed E-state index contributed by atoms with van der Waals surface area (Å²) in [6, 6.07) is 3.45. The normalized spacial score (nSPS) is 12.2. The van der Waals surface area contributed by atoms with E-state index in [2.05, 4.69) is 5.10 Å². The highest BCUT2D eigenvalue weighted by atomic mass is 32.2. The fourth-order valence-corrected chi connectivity index (χ4v) is 3.59. The summed E-state index contributed by atoms with van der Waals surface area (Å²) < 4.78 is 66.6. The highest BCUT2D eigenvalue weighted by molar-refractivity contribution is 7.92. The van der Waals surface area contributed by atoms with Gasteiger partial charge in [-0.3, -0.25) is 9.40 Å². The van der Waals surface area contributed by atoms with E-state index in [4.69, 9.17) is 5.11 Å². The Bertz CT molecular complexity index is 920. The molecule has 0 amide bonds. The first-order chi connectivity index (χ1) is 11.5. The van der Waals surface area contributed by atoms with E-state index in [1.807, 2.05) is 4.72 Å². The number of alkyl halides is 3. The van der Waals surface area contributed by atoms with Crippen LogP contribution in [0.15, 0.2) is 29.3 Å². The summed E-state index contributed by atoms with van der Waals surface area (Å²) in [4.78, 5) is 10.7. The molecule has 0 spiro atoms. The summed E-state index contributed by atoms with van der Waals surface area (Å²) in [5.74, 6) is -1.35. The molecule has 0 aliphatic rings. The van der Waals surface area contributed by atoms with Gasteiger partial charge in [0.25, 0.3) is 10.0 Å². The number of carbonyl (C=O) groups is 1. The number of carboxylic acid groups (broad SMARTS) is 1. The Morgan fingerprint density at radius 1 is 1.36 bits per heavy atom. The highest BCUT2D eigenvalue weighted by Gasteiger charge is 2.38. The maximum Gasteiger partial charge on any atom is 0.437 e. The van der Waals surface area contributed by atoms with Gasteiger partial charge in [0.05, 0.1) is 16.1 Å². The molecule has 0 atom stereocenters. The number of aryl methyl sites for hydroxylation is 2. The Morgan fingerprint density at radius 3 is 2.52 bits per heavy atom. The molecule has 2 N–H and O–H groups in total. The minimum atomic E-state index is -4.85. The van der Waals surface area contributed by atoms with Crippen molar-refractivity contribution in [1.82, 2.24) is 9.78 Å². The molecule has 0 fully saturated rings. The number of hydrogen-bond acceptors (Lipinski definition) is 4. The lowest BCUT2D eigenvalue weighted by Gasteiger charge is -2.13. The summed E-state index contributed by atoms with van der Waals surface area (Å²) in [6.07, 6.45) is -3.72. The Labute approximate surface area is 141 Å². The van der Waals surface area contributed by atoms with Crippen LogP contribution < -0.4 is 4.72 Å². The van der Waals surface area contributed by atoms with Crippen LogP contribution in [0.3, 0.4) is 0 Å². The number of carboxylic acids is 1. The molecule has 1 aromatic heterocycles. The number of hydrogen-bond donors (Lipinski definition) is 2. The fraction of sp³-hybridized carbons (Fsp3) is 0.286. The van der Waals surface area contributed by atoms with Crippen molar-refractivity contribution in [3.8, 4) is 0 Å². The number of nitrogens with one attached hydrogen (secondary N) is 1. The SMILES string of the molecule is CCc1ccc(C(=O)O)cc1S(=O)(=O)Nc1cn(C)nc1C(F)(F)F. The van der Waals surface area contributed by atoms with Gasteiger partial charge in [0.1, 0.15) is 0 Å². The molecule has 136 valence electrons. The molecule has 25 heavy (non-hydrogen) atoms. The van der Waals surface area contributed by atoms with Crippen molar-refractivity contribution >= 4 is 21.7 Å². The Kier molecular flexibility index (Phi) is 4.80. The van der Waals surface area contributed by atoms with Gasteiger partial charge in [0, 0.05) is 13.2 Å². The van der Waals surface area contributed by atoms with Gasteiger partial charge in [-0.1, -0.05) is 13.0 Å². The van der Waals surface area contributed by atoms with E-state index < -0.39 is 38.4 Å². The maximum atomic E-state index is 13.0. The van der Waals surface area contributed by atoms with Crippen LogP contribution in [0.1, 0.15) is 28.5 Å². The van der Waals surface area contributed by atoms with Crippen LogP contribution in [-0.2, 0) is 29.7 Å². The average molecular weight is 377 g/mol. The first kappa shape index (κ1) is 18.8. The lowest BCUT2D eigenvalue weighted by atomic mass is 10.1. The molecule has 0 aliphatic carbocycles. The van der Waals surface area contributed by atoms with Crippen molar-refractivity contribution in [2.24, 2.45) is 7.05 Å². The zero-order valence-electron chi connectivity index (χ0n) is 13.1. The number of aromatic nitrogens is 2. The van der Waals surface area contributed by atoms with Crippen molar-refractivity contribution in [1.29, 1.82) is 0 Å². The van der Waals surface area contributed by atoms with Crippen LogP contribution in [0.25, 0.3) is 0 Å². The third-order valence-corrected chi connectivity index (χ3v) is 4.77. The molecule has 0 saturated heterocycles. The van der Waals surface area contributed by atoms with Gasteiger partial charge < -0.3 is 5.11 Å². The topological polar surface area (TPSA) is 101 Å². The first-order valence-corrected chi connectivity index (χ1v) is 8.44. The van der Waals surface area contributed by atoms with E-state index >= 15 is 0 Å². The molecule has 0 unspecified atom stereocenters. The quantitative estimate of drug-likeness (QED) is 0.834. The zero-order valence-corrected chi connectivity index (χ0v) is 13.9. The molecule has 0 bridgehead atoms. The summed E-state index contributed by atoms with van der Waals surface area (Å²) in [7, 11) is -3.23. The third kappa shape index (κ3) is 3.92. The van der Waals surface area contributed by atoms with Crippen LogP contribution in [-0.4, -0.2) is 29.3 Å². The predicted octanol–water partition coefficient (Wildman–Crippen LogP) is 2.50. The lowest BCUT2D eigenvalue weighted by molar-refractivity contribution is -0.140. The number of benzene rings is 1. The second kappa shape index (κ2) is 6.39. The molecule has 1 aromatic carbocycles. The van der Waals surface area contributed by atoms with E-state index in [0.717, 1.165) is 16.9 Å². The van der Waals surface area contributed by atoms with Gasteiger partial charge in [-0.05, 0) is 24.1 Å². The smallest absolute Gasteiger partial charge is 0.437 e. The van der Waals surface area contributed by atoms with E-state index in [1.54, 1.807) is 6.92 Å². The summed E-state index contributed by atoms with van der Waals surface area (Å²) >= 11 is 0. The third-order valence-electron chi connectivity index (χ3n) is 3.33. The molecule has 1 heterocycles. The van der Waals surface area contributed by atoms with Gasteiger partial charge >= 0.3 is 12.1 Å². The Hall–Kier alpha value is -2.56. The number of sulfonamides is 1. The number of rotatable bonds is 5. The highest BCUT2D eigenvalue weighted by Crippen LogP contribution is 2.34. The van der Waals surface area contributed by atoms with Crippen molar-refractivity contribution in [2.45, 2.75) is 24.4 Å². The van der Waals surface area contributed by atoms with E-state index in [9.17, 15) is 26.4 Å². The van der Waals surface area contributed by atoms with Crippen molar-refractivity contribution in [2.75, 3.05) is 4.72 Å². The number of nitrogens with zero attached hydrogens (tertiary/aromatic N) is 2. The second-order valence-corrected chi connectivity index (χ2v) is 6.80. The minimum Gasteiger partial charge on any atom is -0.478 e. The van der Waals surface area contributed by atoms with Crippen LogP contribution in [0.5, 0.6) is 0 Å². The summed E-state index contributed by atoms with van der Waals surface area (Å²) in [5, 5.41) is 12.2. The number of aromatic carboxylic acids is 1. The summed E-state index contributed by atoms with van der Waals surface area (Å²) in [5.41, 5.74) is -2.14. The van der Waals surface area contributed by atoms with Crippen LogP contribution in [0.2, 0.25) is 0 Å². The molecule has 2 rings (SSSR count). The largest absolute Gasteiger partial charge is 0.478 e. The lowest BCUT2D eigenvalue weighted by Crippen LogP contribution is -2.18. The second-order valence-electron chi connectivity index (χ2n) is 5.15. The average Bonchev–Trinajstić information content (AvgIpc) is 2.86. The van der Waals surface area contributed by atoms with Gasteiger partial charge in [-0.2, -0.15) is 18.3 Å². The fourth-order valence-electron chi connectivity index (χ4n) is 2.20. The van der Waals surface area contributed by atoms with E-state index in [-0.39, 0.29) is 17.5 Å². The van der Waals surface area contributed by atoms with Crippen molar-refractivity contribution in [3.63, 3.8) is 0 Å². The first-order valence-electron chi connectivity index (χ1n) is 6.95. The monoisotopic (exact) mass is 377 g/mol. The molecular formula is C14H14F3N3O4S. The number of halogens is 3. The molecule has 0 aliphatic heterocycles. The molecule has 2 aromatic rings. The number of anilines is 1. The van der Waals surface area contributed by atoms with Crippen LogP contribution >= 0.6 is 0 Å². The molecule has 7 nitrogen and oxygen atoms in total. The minimum absolute atomic E-state index is 0.245.